The molecule has 2 N–H and O–H groups in total. The molecule has 1 saturated heterocycles. The van der Waals surface area contributed by atoms with Crippen molar-refractivity contribution in [1.29, 1.82) is 0 Å². The third kappa shape index (κ3) is 5.09. The zero-order chi connectivity index (χ0) is 19.1. The molecule has 1 aromatic carbocycles. The highest BCUT2D eigenvalue weighted by molar-refractivity contribution is 5.90. The number of nitrogens with zero attached hydrogens (tertiary/aromatic N) is 3. The average Bonchev–Trinajstić information content (AvgIpc) is 3.20. The van der Waals surface area contributed by atoms with Gasteiger partial charge in [0.2, 0.25) is 5.91 Å². The molecule has 144 valence electrons. The number of aromatic nitrogens is 2. The van der Waals surface area contributed by atoms with Crippen molar-refractivity contribution in [3.05, 3.63) is 54.6 Å². The molecule has 0 unspecified atom stereocenters. The highest BCUT2D eigenvalue weighted by atomic mass is 16.2. The number of carbonyl (C=O) groups excluding carboxylic acids is 2. The van der Waals surface area contributed by atoms with Gasteiger partial charge in [0, 0.05) is 32.0 Å². The molecule has 0 aliphatic carbocycles. The van der Waals surface area contributed by atoms with Crippen LogP contribution < -0.4 is 10.6 Å². The van der Waals surface area contributed by atoms with Gasteiger partial charge in [0.15, 0.2) is 0 Å². The Kier molecular flexibility index (Phi) is 6.11. The number of rotatable bonds is 6. The van der Waals surface area contributed by atoms with E-state index in [1.807, 2.05) is 30.3 Å². The number of piperidine rings is 1. The number of urea groups is 1. The van der Waals surface area contributed by atoms with Gasteiger partial charge in [0.25, 0.3) is 0 Å². The van der Waals surface area contributed by atoms with Crippen molar-refractivity contribution in [2.24, 2.45) is 0 Å². The number of benzene rings is 1. The lowest BCUT2D eigenvalue weighted by Gasteiger charge is -2.34. The third-order valence-corrected chi connectivity index (χ3v) is 4.88. The van der Waals surface area contributed by atoms with Gasteiger partial charge < -0.3 is 20.1 Å². The summed E-state index contributed by atoms with van der Waals surface area (Å²) < 4.78 is 1.80. The van der Waals surface area contributed by atoms with Crippen molar-refractivity contribution in [1.82, 2.24) is 25.1 Å². The van der Waals surface area contributed by atoms with Crippen LogP contribution in [0.2, 0.25) is 0 Å². The van der Waals surface area contributed by atoms with Gasteiger partial charge in [-0.05, 0) is 31.7 Å². The summed E-state index contributed by atoms with van der Waals surface area (Å²) in [6.45, 7) is 3.96. The van der Waals surface area contributed by atoms with Gasteiger partial charge >= 0.3 is 6.03 Å². The normalized spacial score (nSPS) is 16.4. The lowest BCUT2D eigenvalue weighted by Crippen LogP contribution is -2.61. The van der Waals surface area contributed by atoms with Gasteiger partial charge in [0.05, 0.1) is 12.9 Å². The first kappa shape index (κ1) is 18.9. The van der Waals surface area contributed by atoms with Crippen molar-refractivity contribution in [3.63, 3.8) is 0 Å². The Balaban J connectivity index is 1.70. The Morgan fingerprint density at radius 1 is 1.15 bits per heavy atom. The molecule has 0 saturated carbocycles. The van der Waals surface area contributed by atoms with Gasteiger partial charge in [-0.25, -0.2) is 9.78 Å². The fourth-order valence-electron chi connectivity index (χ4n) is 3.30. The molecule has 3 rings (SSSR count). The molecule has 1 aliphatic heterocycles. The number of imidazole rings is 1. The minimum absolute atomic E-state index is 0.188. The van der Waals surface area contributed by atoms with Gasteiger partial charge in [-0.15, -0.1) is 0 Å². The van der Waals surface area contributed by atoms with Crippen LogP contribution >= 0.6 is 0 Å². The summed E-state index contributed by atoms with van der Waals surface area (Å²) >= 11 is 0. The third-order valence-electron chi connectivity index (χ3n) is 4.88. The number of carbonyl (C=O) groups is 2. The van der Waals surface area contributed by atoms with Crippen LogP contribution in [-0.2, 0) is 17.9 Å². The molecule has 1 fully saturated rings. The minimum Gasteiger partial charge on any atom is -0.350 e. The van der Waals surface area contributed by atoms with Gasteiger partial charge in [0.1, 0.15) is 5.54 Å². The fourth-order valence-corrected chi connectivity index (χ4v) is 3.30. The quantitative estimate of drug-likeness (QED) is 0.819. The largest absolute Gasteiger partial charge is 0.350 e. The van der Waals surface area contributed by atoms with E-state index in [0.717, 1.165) is 37.9 Å². The van der Waals surface area contributed by atoms with E-state index in [2.05, 4.69) is 15.6 Å². The zero-order valence-electron chi connectivity index (χ0n) is 15.7. The fraction of sp³-hybridized carbons (Fsp3) is 0.450. The van der Waals surface area contributed by atoms with E-state index in [1.54, 1.807) is 35.1 Å². The topological polar surface area (TPSA) is 79.3 Å². The SMILES string of the molecule is C[C@](Cn1ccnc1)(NC(=O)N1CCCCC1)C(=O)NCc1ccccc1. The number of hydrogen-bond donors (Lipinski definition) is 2. The van der Waals surface area contributed by atoms with Crippen LogP contribution in [0, 0.1) is 0 Å². The van der Waals surface area contributed by atoms with Gasteiger partial charge in [-0.1, -0.05) is 30.3 Å². The Hall–Kier alpha value is -2.83. The highest BCUT2D eigenvalue weighted by Gasteiger charge is 2.36. The summed E-state index contributed by atoms with van der Waals surface area (Å²) in [4.78, 5) is 31.6. The maximum Gasteiger partial charge on any atom is 0.318 e. The number of amides is 3. The molecule has 0 spiro atoms. The van der Waals surface area contributed by atoms with Crippen molar-refractivity contribution in [2.75, 3.05) is 13.1 Å². The predicted molar refractivity (Wildman–Crippen MR) is 103 cm³/mol. The van der Waals surface area contributed by atoms with E-state index in [4.69, 9.17) is 0 Å². The molecule has 1 aliphatic rings. The van der Waals surface area contributed by atoms with Gasteiger partial charge in [-0.3, -0.25) is 4.79 Å². The van der Waals surface area contributed by atoms with E-state index in [1.165, 1.54) is 0 Å². The lowest BCUT2D eigenvalue weighted by molar-refractivity contribution is -0.127. The van der Waals surface area contributed by atoms with Crippen molar-refractivity contribution < 1.29 is 9.59 Å². The number of hydrogen-bond acceptors (Lipinski definition) is 3. The van der Waals surface area contributed by atoms with Crippen molar-refractivity contribution >= 4 is 11.9 Å². The molecule has 1 atom stereocenters. The van der Waals surface area contributed by atoms with Crippen molar-refractivity contribution in [2.45, 2.75) is 44.8 Å². The summed E-state index contributed by atoms with van der Waals surface area (Å²) in [5.41, 5.74) is -0.0671. The Bertz CT molecular complexity index is 741. The lowest BCUT2D eigenvalue weighted by atomic mass is 10.0. The Morgan fingerprint density at radius 3 is 2.56 bits per heavy atom. The second-order valence-corrected chi connectivity index (χ2v) is 7.21. The van der Waals surface area contributed by atoms with E-state index in [0.29, 0.717) is 13.1 Å². The summed E-state index contributed by atoms with van der Waals surface area (Å²) in [5, 5.41) is 5.92. The van der Waals surface area contributed by atoms with Crippen LogP contribution in [0.5, 0.6) is 0 Å². The van der Waals surface area contributed by atoms with Crippen molar-refractivity contribution in [3.8, 4) is 0 Å². The molecule has 1 aromatic heterocycles. The first-order chi connectivity index (χ1) is 13.1. The average molecular weight is 369 g/mol. The Morgan fingerprint density at radius 2 is 1.89 bits per heavy atom. The zero-order valence-corrected chi connectivity index (χ0v) is 15.7. The molecule has 7 nitrogen and oxygen atoms in total. The Labute approximate surface area is 159 Å². The van der Waals surface area contributed by atoms with E-state index in [9.17, 15) is 9.59 Å². The second kappa shape index (κ2) is 8.70. The molecule has 2 heterocycles. The monoisotopic (exact) mass is 369 g/mol. The molecule has 0 bridgehead atoms. The molecule has 2 aromatic rings. The van der Waals surface area contributed by atoms with E-state index in [-0.39, 0.29) is 11.9 Å². The number of likely N-dealkylation sites (tertiary alicyclic amines) is 1. The molecule has 0 radical (unpaired) electrons. The predicted octanol–water partition coefficient (Wildman–Crippen LogP) is 2.15. The summed E-state index contributed by atoms with van der Waals surface area (Å²) in [6, 6.07) is 9.54. The van der Waals surface area contributed by atoms with E-state index < -0.39 is 5.54 Å². The summed E-state index contributed by atoms with van der Waals surface area (Å²) in [7, 11) is 0. The van der Waals surface area contributed by atoms with Crippen LogP contribution in [0.3, 0.4) is 0 Å². The number of nitrogens with one attached hydrogen (secondary N) is 2. The minimum atomic E-state index is -1.08. The molecule has 27 heavy (non-hydrogen) atoms. The second-order valence-electron chi connectivity index (χ2n) is 7.21. The van der Waals surface area contributed by atoms with Crippen LogP contribution in [0.4, 0.5) is 4.79 Å². The smallest absolute Gasteiger partial charge is 0.318 e. The molecule has 7 heteroatoms. The van der Waals surface area contributed by atoms with E-state index >= 15 is 0 Å². The summed E-state index contributed by atoms with van der Waals surface area (Å²) in [5.74, 6) is -0.217. The maximum absolute atomic E-state index is 13.0. The van der Waals surface area contributed by atoms with Crippen LogP contribution in [-0.4, -0.2) is 45.0 Å². The van der Waals surface area contributed by atoms with Crippen LogP contribution in [0.1, 0.15) is 31.7 Å². The summed E-state index contributed by atoms with van der Waals surface area (Å²) in [6.07, 6.45) is 8.26. The van der Waals surface area contributed by atoms with Gasteiger partial charge in [-0.2, -0.15) is 0 Å². The molecular formula is C20H27N5O2. The first-order valence-corrected chi connectivity index (χ1v) is 9.42. The molecule has 3 amide bonds. The maximum atomic E-state index is 13.0. The highest BCUT2D eigenvalue weighted by Crippen LogP contribution is 2.14. The standard InChI is InChI=1S/C20H27N5O2/c1-20(15-24-13-10-21-16-24,23-19(27)25-11-6-3-7-12-25)18(26)22-14-17-8-4-2-5-9-17/h2,4-5,8-10,13,16H,3,6-7,11-12,14-15H2,1H3,(H,22,26)(H,23,27)/t20-/m1/s1. The van der Waals surface area contributed by atoms with Crippen LogP contribution in [0.25, 0.3) is 0 Å². The molecular weight excluding hydrogens is 342 g/mol. The van der Waals surface area contributed by atoms with Crippen LogP contribution in [0.15, 0.2) is 49.1 Å². The first-order valence-electron chi connectivity index (χ1n) is 9.42.